The third kappa shape index (κ3) is 5.66. The van der Waals surface area contributed by atoms with Crippen LogP contribution in [0.15, 0.2) is 72.8 Å². The van der Waals surface area contributed by atoms with Gasteiger partial charge in [-0.3, -0.25) is 9.69 Å². The van der Waals surface area contributed by atoms with Crippen molar-refractivity contribution in [2.45, 2.75) is 33.0 Å². The number of fused-ring (bicyclic) bond motifs is 1. The van der Waals surface area contributed by atoms with Gasteiger partial charge in [-0.05, 0) is 61.0 Å². The van der Waals surface area contributed by atoms with Crippen LogP contribution in [0.5, 0.6) is 11.5 Å². The molecule has 1 aromatic heterocycles. The second-order valence-electron chi connectivity index (χ2n) is 9.59. The van der Waals surface area contributed by atoms with Crippen molar-refractivity contribution in [2.24, 2.45) is 0 Å². The quantitative estimate of drug-likeness (QED) is 0.297. The maximum absolute atomic E-state index is 13.4. The lowest BCUT2D eigenvalue weighted by Crippen LogP contribution is -2.33. The van der Waals surface area contributed by atoms with E-state index >= 15 is 0 Å². The molecule has 0 aliphatic carbocycles. The largest absolute Gasteiger partial charge is 0.497 e. The van der Waals surface area contributed by atoms with E-state index in [1.807, 2.05) is 52.9 Å². The first kappa shape index (κ1) is 26.4. The minimum Gasteiger partial charge on any atom is -0.497 e. The molecule has 0 bridgehead atoms. The second-order valence-corrected chi connectivity index (χ2v) is 9.59. The molecule has 1 amide bonds. The minimum absolute atomic E-state index is 0.0558. The van der Waals surface area contributed by atoms with E-state index in [1.54, 1.807) is 38.5 Å². The molecular formula is C31H33FN4O3. The number of hydrogen-bond acceptors (Lipinski definition) is 5. The highest BCUT2D eigenvalue weighted by Crippen LogP contribution is 2.31. The number of ether oxygens (including phenoxy) is 2. The van der Waals surface area contributed by atoms with Crippen molar-refractivity contribution in [1.29, 1.82) is 0 Å². The van der Waals surface area contributed by atoms with Crippen molar-refractivity contribution in [3.8, 4) is 17.2 Å². The van der Waals surface area contributed by atoms with Crippen molar-refractivity contribution < 1.29 is 18.7 Å². The van der Waals surface area contributed by atoms with E-state index in [0.29, 0.717) is 37.5 Å². The Balaban J connectivity index is 1.48. The van der Waals surface area contributed by atoms with Gasteiger partial charge in [0.25, 0.3) is 5.91 Å². The van der Waals surface area contributed by atoms with E-state index in [-0.39, 0.29) is 11.7 Å². The van der Waals surface area contributed by atoms with Crippen LogP contribution >= 0.6 is 0 Å². The molecule has 202 valence electrons. The van der Waals surface area contributed by atoms with Crippen molar-refractivity contribution in [2.75, 3.05) is 27.3 Å². The Bertz CT molecular complexity index is 1430. The molecule has 3 aromatic carbocycles. The highest BCUT2D eigenvalue weighted by molar-refractivity contribution is 5.94. The number of hydrogen-bond donors (Lipinski definition) is 0. The number of nitrogens with zero attached hydrogens (tertiary/aromatic N) is 4. The van der Waals surface area contributed by atoms with E-state index < -0.39 is 0 Å². The predicted octanol–water partition coefficient (Wildman–Crippen LogP) is 5.25. The zero-order valence-corrected chi connectivity index (χ0v) is 22.6. The van der Waals surface area contributed by atoms with Crippen LogP contribution in [0.3, 0.4) is 0 Å². The van der Waals surface area contributed by atoms with Crippen LogP contribution < -0.4 is 9.47 Å². The van der Waals surface area contributed by atoms with Gasteiger partial charge in [-0.25, -0.2) is 9.07 Å². The Morgan fingerprint density at radius 2 is 1.74 bits per heavy atom. The van der Waals surface area contributed by atoms with Gasteiger partial charge in [-0.1, -0.05) is 24.3 Å². The van der Waals surface area contributed by atoms with Gasteiger partial charge in [0.05, 0.1) is 32.2 Å². The fourth-order valence-electron chi connectivity index (χ4n) is 5.08. The Morgan fingerprint density at radius 1 is 1.00 bits per heavy atom. The summed E-state index contributed by atoms with van der Waals surface area (Å²) < 4.78 is 26.3. The maximum Gasteiger partial charge on any atom is 0.254 e. The molecule has 0 fully saturated rings. The maximum atomic E-state index is 13.4. The third-order valence-corrected chi connectivity index (χ3v) is 7.20. The molecule has 8 heteroatoms. The van der Waals surface area contributed by atoms with Crippen molar-refractivity contribution in [3.05, 3.63) is 107 Å². The molecule has 0 spiro atoms. The Morgan fingerprint density at radius 3 is 2.44 bits per heavy atom. The van der Waals surface area contributed by atoms with Gasteiger partial charge >= 0.3 is 0 Å². The Labute approximate surface area is 228 Å². The average Bonchev–Trinajstić information content (AvgIpc) is 3.34. The highest BCUT2D eigenvalue weighted by atomic mass is 19.1. The zero-order valence-electron chi connectivity index (χ0n) is 22.6. The molecular weight excluding hydrogens is 495 g/mol. The van der Waals surface area contributed by atoms with Gasteiger partial charge in [0.1, 0.15) is 23.0 Å². The Hall–Kier alpha value is -4.17. The van der Waals surface area contributed by atoms with Crippen LogP contribution in [-0.2, 0) is 26.1 Å². The van der Waals surface area contributed by atoms with Crippen LogP contribution in [0.25, 0.3) is 5.69 Å². The molecule has 0 unspecified atom stereocenters. The number of aromatic nitrogens is 2. The van der Waals surface area contributed by atoms with Gasteiger partial charge in [-0.2, -0.15) is 5.10 Å². The summed E-state index contributed by atoms with van der Waals surface area (Å²) in [6, 6.07) is 21.7. The smallest absolute Gasteiger partial charge is 0.254 e. The van der Waals surface area contributed by atoms with E-state index in [1.165, 1.54) is 12.1 Å². The molecule has 5 rings (SSSR count). The number of para-hydroxylation sites is 2. The normalized spacial score (nSPS) is 13.1. The number of rotatable bonds is 9. The lowest BCUT2D eigenvalue weighted by atomic mass is 10.0. The van der Waals surface area contributed by atoms with Crippen LogP contribution in [0.2, 0.25) is 0 Å². The topological polar surface area (TPSA) is 59.8 Å². The van der Waals surface area contributed by atoms with Crippen molar-refractivity contribution >= 4 is 5.91 Å². The van der Waals surface area contributed by atoms with Crippen molar-refractivity contribution in [1.82, 2.24) is 19.6 Å². The summed E-state index contributed by atoms with van der Waals surface area (Å²) in [5, 5.41) is 5.06. The summed E-state index contributed by atoms with van der Waals surface area (Å²) in [7, 11) is 3.27. The number of benzene rings is 3. The first-order chi connectivity index (χ1) is 19.0. The van der Waals surface area contributed by atoms with Crippen LogP contribution in [0, 0.1) is 5.82 Å². The molecule has 0 radical (unpaired) electrons. The highest BCUT2D eigenvalue weighted by Gasteiger charge is 2.28. The average molecular weight is 529 g/mol. The summed E-state index contributed by atoms with van der Waals surface area (Å²) in [4.78, 5) is 17.6. The van der Waals surface area contributed by atoms with Gasteiger partial charge in [0, 0.05) is 43.7 Å². The zero-order chi connectivity index (χ0) is 27.4. The summed E-state index contributed by atoms with van der Waals surface area (Å²) in [6.45, 7) is 5.14. The monoisotopic (exact) mass is 528 g/mol. The SMILES string of the molecule is CCN(Cc1nn(-c2ccccc2OC)c2c1CN(Cc1ccc(F)cc1)CC2)C(=O)c1ccc(OC)cc1. The lowest BCUT2D eigenvalue weighted by Gasteiger charge is -2.28. The Kier molecular flexibility index (Phi) is 7.93. The summed E-state index contributed by atoms with van der Waals surface area (Å²) in [6.07, 6.45) is 0.792. The number of amides is 1. The third-order valence-electron chi connectivity index (χ3n) is 7.20. The van der Waals surface area contributed by atoms with E-state index in [4.69, 9.17) is 14.6 Å². The molecule has 1 aliphatic heterocycles. The van der Waals surface area contributed by atoms with E-state index in [0.717, 1.165) is 46.9 Å². The first-order valence-electron chi connectivity index (χ1n) is 13.1. The molecule has 0 saturated heterocycles. The van der Waals surface area contributed by atoms with Gasteiger partial charge in [0.2, 0.25) is 0 Å². The molecule has 7 nitrogen and oxygen atoms in total. The lowest BCUT2D eigenvalue weighted by molar-refractivity contribution is 0.0749. The van der Waals surface area contributed by atoms with Crippen molar-refractivity contribution in [3.63, 3.8) is 0 Å². The van der Waals surface area contributed by atoms with Crippen LogP contribution in [0.1, 0.15) is 39.8 Å². The molecule has 1 aliphatic rings. The number of methoxy groups -OCH3 is 2. The number of carbonyl (C=O) groups excluding carboxylic acids is 1. The van der Waals surface area contributed by atoms with E-state index in [9.17, 15) is 9.18 Å². The molecule has 4 aromatic rings. The van der Waals surface area contributed by atoms with Gasteiger partial charge in [0.15, 0.2) is 0 Å². The standard InChI is InChI=1S/C31H33FN4O3/c1-4-35(31(37)23-11-15-25(38-2)16-12-23)21-27-26-20-34(19-22-9-13-24(32)14-10-22)18-17-28(26)36(33-27)29-7-5-6-8-30(29)39-3/h5-16H,4,17-21H2,1-3H3. The van der Waals surface area contributed by atoms with Gasteiger partial charge in [-0.15, -0.1) is 0 Å². The summed E-state index contributed by atoms with van der Waals surface area (Å²) in [5.41, 5.74) is 5.65. The van der Waals surface area contributed by atoms with Gasteiger partial charge < -0.3 is 14.4 Å². The van der Waals surface area contributed by atoms with E-state index in [2.05, 4.69) is 4.90 Å². The minimum atomic E-state index is -0.235. The molecule has 0 N–H and O–H groups in total. The predicted molar refractivity (Wildman–Crippen MR) is 148 cm³/mol. The summed E-state index contributed by atoms with van der Waals surface area (Å²) in [5.74, 6) is 1.16. The summed E-state index contributed by atoms with van der Waals surface area (Å²) >= 11 is 0. The molecule has 0 saturated carbocycles. The number of halogens is 1. The van der Waals surface area contributed by atoms with Crippen LogP contribution in [0.4, 0.5) is 4.39 Å². The molecule has 39 heavy (non-hydrogen) atoms. The number of carbonyl (C=O) groups is 1. The first-order valence-corrected chi connectivity index (χ1v) is 13.1. The fourth-order valence-corrected chi connectivity index (χ4v) is 5.08. The second kappa shape index (κ2) is 11.7. The van der Waals surface area contributed by atoms with Crippen LogP contribution in [-0.4, -0.2) is 52.8 Å². The molecule has 0 atom stereocenters. The molecule has 2 heterocycles. The fraction of sp³-hybridized carbons (Fsp3) is 0.290.